The molecule has 2 heterocycles. The topological polar surface area (TPSA) is 81.8 Å². The molecule has 0 spiro atoms. The van der Waals surface area contributed by atoms with Crippen LogP contribution in [0, 0.1) is 27.7 Å². The lowest BCUT2D eigenvalue weighted by molar-refractivity contribution is -0.116. The Morgan fingerprint density at radius 3 is 2.40 bits per heavy atom. The molecule has 0 aliphatic heterocycles. The van der Waals surface area contributed by atoms with Crippen LogP contribution < -0.4 is 10.9 Å². The molecule has 0 atom stereocenters. The minimum Gasteiger partial charge on any atom is -0.324 e. The van der Waals surface area contributed by atoms with Crippen molar-refractivity contribution >= 4 is 22.6 Å². The van der Waals surface area contributed by atoms with E-state index < -0.39 is 0 Å². The molecule has 1 N–H and O–H groups in total. The number of rotatable bonds is 4. The van der Waals surface area contributed by atoms with E-state index in [2.05, 4.69) is 21.5 Å². The first kappa shape index (κ1) is 19.6. The third kappa shape index (κ3) is 3.61. The summed E-state index contributed by atoms with van der Waals surface area (Å²) < 4.78 is 2.96. The van der Waals surface area contributed by atoms with Crippen molar-refractivity contribution in [2.75, 3.05) is 5.32 Å². The lowest BCUT2D eigenvalue weighted by Gasteiger charge is -2.11. The number of aromatic nitrogens is 4. The number of aryl methyl sites for hydroxylation is 4. The van der Waals surface area contributed by atoms with Crippen molar-refractivity contribution in [1.29, 1.82) is 0 Å². The monoisotopic (exact) mass is 401 g/mol. The SMILES string of the molecule is Cc1ccc(NC(=O)Cn2cnc3c(cnn3-c3ccc(C)cc3C)c2=O)c(C)c1. The summed E-state index contributed by atoms with van der Waals surface area (Å²) in [6.07, 6.45) is 2.90. The molecule has 4 rings (SSSR count). The number of fused-ring (bicyclic) bond motifs is 1. The Balaban J connectivity index is 1.63. The van der Waals surface area contributed by atoms with Gasteiger partial charge in [-0.1, -0.05) is 35.4 Å². The first-order valence-electron chi connectivity index (χ1n) is 9.71. The molecule has 0 aliphatic carbocycles. The third-order valence-corrected chi connectivity index (χ3v) is 5.10. The van der Waals surface area contributed by atoms with Crippen LogP contribution in [0.4, 0.5) is 5.69 Å². The second kappa shape index (κ2) is 7.59. The molecule has 0 unspecified atom stereocenters. The van der Waals surface area contributed by atoms with Gasteiger partial charge in [-0.25, -0.2) is 9.67 Å². The number of hydrogen-bond acceptors (Lipinski definition) is 4. The van der Waals surface area contributed by atoms with E-state index in [0.29, 0.717) is 11.0 Å². The van der Waals surface area contributed by atoms with E-state index in [1.165, 1.54) is 17.1 Å². The van der Waals surface area contributed by atoms with Crippen LogP contribution in [-0.4, -0.2) is 25.2 Å². The van der Waals surface area contributed by atoms with Crippen LogP contribution in [0.2, 0.25) is 0 Å². The normalized spacial score (nSPS) is 11.1. The molecule has 7 nitrogen and oxygen atoms in total. The van der Waals surface area contributed by atoms with Gasteiger partial charge in [-0.05, 0) is 51.0 Å². The molecule has 0 saturated carbocycles. The Morgan fingerprint density at radius 2 is 1.70 bits per heavy atom. The summed E-state index contributed by atoms with van der Waals surface area (Å²) >= 11 is 0. The van der Waals surface area contributed by atoms with Crippen molar-refractivity contribution in [3.05, 3.63) is 81.5 Å². The Morgan fingerprint density at radius 1 is 1.00 bits per heavy atom. The number of carbonyl (C=O) groups is 1. The van der Waals surface area contributed by atoms with E-state index >= 15 is 0 Å². The highest BCUT2D eigenvalue weighted by molar-refractivity contribution is 5.91. The Hall–Kier alpha value is -3.74. The summed E-state index contributed by atoms with van der Waals surface area (Å²) in [5, 5.41) is 7.59. The fourth-order valence-corrected chi connectivity index (χ4v) is 3.58. The Bertz CT molecular complexity index is 1330. The van der Waals surface area contributed by atoms with Crippen LogP contribution >= 0.6 is 0 Å². The Kier molecular flexibility index (Phi) is 4.95. The lowest BCUT2D eigenvalue weighted by Crippen LogP contribution is -2.28. The Labute approximate surface area is 174 Å². The van der Waals surface area contributed by atoms with Crippen LogP contribution in [0.3, 0.4) is 0 Å². The average molecular weight is 401 g/mol. The van der Waals surface area contributed by atoms with E-state index in [4.69, 9.17) is 0 Å². The first-order chi connectivity index (χ1) is 14.3. The summed E-state index contributed by atoms with van der Waals surface area (Å²) in [6.45, 7) is 7.83. The summed E-state index contributed by atoms with van der Waals surface area (Å²) in [5.74, 6) is -0.285. The summed E-state index contributed by atoms with van der Waals surface area (Å²) in [7, 11) is 0. The van der Waals surface area contributed by atoms with Crippen LogP contribution in [0.1, 0.15) is 22.3 Å². The molecule has 0 aliphatic rings. The first-order valence-corrected chi connectivity index (χ1v) is 9.71. The van der Waals surface area contributed by atoms with Crippen molar-refractivity contribution in [1.82, 2.24) is 19.3 Å². The quantitative estimate of drug-likeness (QED) is 0.568. The number of anilines is 1. The van der Waals surface area contributed by atoms with Gasteiger partial charge in [0.1, 0.15) is 18.3 Å². The predicted octanol–water partition coefficient (Wildman–Crippen LogP) is 3.45. The molecule has 0 saturated heterocycles. The van der Waals surface area contributed by atoms with E-state index in [-0.39, 0.29) is 18.0 Å². The molecule has 2 aromatic carbocycles. The zero-order valence-corrected chi connectivity index (χ0v) is 17.4. The van der Waals surface area contributed by atoms with E-state index in [9.17, 15) is 9.59 Å². The number of benzene rings is 2. The van der Waals surface area contributed by atoms with Gasteiger partial charge < -0.3 is 5.32 Å². The van der Waals surface area contributed by atoms with Crippen LogP contribution in [0.5, 0.6) is 0 Å². The molecule has 30 heavy (non-hydrogen) atoms. The molecule has 1 amide bonds. The highest BCUT2D eigenvalue weighted by atomic mass is 16.2. The molecular formula is C23H23N5O2. The second-order valence-corrected chi connectivity index (χ2v) is 7.63. The van der Waals surface area contributed by atoms with Gasteiger partial charge in [-0.3, -0.25) is 14.2 Å². The molecule has 0 fully saturated rings. The maximum Gasteiger partial charge on any atom is 0.264 e. The van der Waals surface area contributed by atoms with E-state index in [1.54, 1.807) is 4.68 Å². The van der Waals surface area contributed by atoms with Crippen molar-refractivity contribution in [3.8, 4) is 5.69 Å². The van der Waals surface area contributed by atoms with Crippen LogP contribution in [0.15, 0.2) is 53.7 Å². The number of carbonyl (C=O) groups excluding carboxylic acids is 1. The molecule has 7 heteroatoms. The van der Waals surface area contributed by atoms with Gasteiger partial charge in [0, 0.05) is 5.69 Å². The van der Waals surface area contributed by atoms with Crippen molar-refractivity contribution in [2.45, 2.75) is 34.2 Å². The van der Waals surface area contributed by atoms with Gasteiger partial charge in [0.05, 0.1) is 11.9 Å². The standard InChI is InChI=1S/C23H23N5O2/c1-14-5-7-19(16(3)9-14)26-21(29)12-27-13-24-22-18(23(27)30)11-25-28(22)20-8-6-15(2)10-17(20)4/h5-11,13H,12H2,1-4H3,(H,26,29). The third-order valence-electron chi connectivity index (χ3n) is 5.10. The lowest BCUT2D eigenvalue weighted by atomic mass is 10.1. The van der Waals surface area contributed by atoms with Crippen LogP contribution in [0.25, 0.3) is 16.7 Å². The minimum absolute atomic E-state index is 0.121. The smallest absolute Gasteiger partial charge is 0.264 e. The van der Waals surface area contributed by atoms with Gasteiger partial charge in [0.25, 0.3) is 5.56 Å². The second-order valence-electron chi connectivity index (χ2n) is 7.63. The summed E-state index contributed by atoms with van der Waals surface area (Å²) in [6, 6.07) is 11.8. The maximum atomic E-state index is 12.9. The highest BCUT2D eigenvalue weighted by Gasteiger charge is 2.14. The highest BCUT2D eigenvalue weighted by Crippen LogP contribution is 2.19. The van der Waals surface area contributed by atoms with E-state index in [1.807, 2.05) is 58.0 Å². The number of amides is 1. The fourth-order valence-electron chi connectivity index (χ4n) is 3.58. The molecule has 0 bridgehead atoms. The van der Waals surface area contributed by atoms with Crippen molar-refractivity contribution in [2.24, 2.45) is 0 Å². The minimum atomic E-state index is -0.299. The van der Waals surface area contributed by atoms with E-state index in [0.717, 1.165) is 33.6 Å². The average Bonchev–Trinajstić information content (AvgIpc) is 3.11. The predicted molar refractivity (Wildman–Crippen MR) is 117 cm³/mol. The van der Waals surface area contributed by atoms with Gasteiger partial charge in [-0.15, -0.1) is 0 Å². The molecule has 2 aromatic heterocycles. The summed E-state index contributed by atoms with van der Waals surface area (Å²) in [4.78, 5) is 29.8. The maximum absolute atomic E-state index is 12.9. The molecular weight excluding hydrogens is 378 g/mol. The zero-order valence-electron chi connectivity index (χ0n) is 17.4. The molecule has 0 radical (unpaired) electrons. The summed E-state index contributed by atoms with van der Waals surface area (Å²) in [5.41, 5.74) is 6.06. The van der Waals surface area contributed by atoms with Crippen molar-refractivity contribution < 1.29 is 4.79 Å². The largest absolute Gasteiger partial charge is 0.324 e. The fraction of sp³-hybridized carbons (Fsp3) is 0.217. The van der Waals surface area contributed by atoms with Gasteiger partial charge in [0.2, 0.25) is 5.91 Å². The van der Waals surface area contributed by atoms with Crippen molar-refractivity contribution in [3.63, 3.8) is 0 Å². The van der Waals surface area contributed by atoms with Gasteiger partial charge >= 0.3 is 0 Å². The molecule has 152 valence electrons. The number of nitrogens with one attached hydrogen (secondary N) is 1. The van der Waals surface area contributed by atoms with Crippen LogP contribution in [-0.2, 0) is 11.3 Å². The van der Waals surface area contributed by atoms with Gasteiger partial charge in [-0.2, -0.15) is 5.10 Å². The van der Waals surface area contributed by atoms with Gasteiger partial charge in [0.15, 0.2) is 5.65 Å². The number of nitrogens with zero attached hydrogens (tertiary/aromatic N) is 4. The number of hydrogen-bond donors (Lipinski definition) is 1. The molecule has 4 aromatic rings. The zero-order chi connectivity index (χ0) is 21.4.